The van der Waals surface area contributed by atoms with Gasteiger partial charge in [0.15, 0.2) is 0 Å². The molecular formula is C12H23NO. The van der Waals surface area contributed by atoms with Gasteiger partial charge in [0, 0.05) is 18.5 Å². The van der Waals surface area contributed by atoms with Crippen LogP contribution in [-0.4, -0.2) is 22.9 Å². The van der Waals surface area contributed by atoms with Gasteiger partial charge in [-0.05, 0) is 39.0 Å². The van der Waals surface area contributed by atoms with E-state index >= 15 is 0 Å². The fourth-order valence-corrected chi connectivity index (χ4v) is 2.13. The topological polar surface area (TPSA) is 20.3 Å². The molecular weight excluding hydrogens is 174 g/mol. The Labute approximate surface area is 87.7 Å². The summed E-state index contributed by atoms with van der Waals surface area (Å²) in [6.07, 6.45) is 1.91. The van der Waals surface area contributed by atoms with Crippen molar-refractivity contribution in [3.05, 3.63) is 0 Å². The lowest BCUT2D eigenvalue weighted by molar-refractivity contribution is -0.141. The molecule has 0 aromatic rings. The molecule has 0 bridgehead atoms. The molecule has 1 rings (SSSR count). The van der Waals surface area contributed by atoms with Crippen LogP contribution in [0.1, 0.15) is 47.5 Å². The first-order valence-electron chi connectivity index (χ1n) is 5.63. The molecule has 1 amide bonds. The van der Waals surface area contributed by atoms with E-state index in [1.54, 1.807) is 0 Å². The molecule has 0 N–H and O–H groups in total. The maximum absolute atomic E-state index is 11.9. The Balaban J connectivity index is 2.61. The predicted molar refractivity (Wildman–Crippen MR) is 59.0 cm³/mol. The van der Waals surface area contributed by atoms with Crippen LogP contribution in [0, 0.1) is 11.8 Å². The van der Waals surface area contributed by atoms with Gasteiger partial charge >= 0.3 is 0 Å². The van der Waals surface area contributed by atoms with Crippen LogP contribution >= 0.6 is 0 Å². The van der Waals surface area contributed by atoms with Crippen LogP contribution in [0.5, 0.6) is 0 Å². The summed E-state index contributed by atoms with van der Waals surface area (Å²) in [7, 11) is 0. The van der Waals surface area contributed by atoms with Gasteiger partial charge in [0.25, 0.3) is 0 Å². The smallest absolute Gasteiger partial charge is 0.223 e. The van der Waals surface area contributed by atoms with Gasteiger partial charge in [-0.25, -0.2) is 0 Å². The lowest BCUT2D eigenvalue weighted by Gasteiger charge is -2.41. The van der Waals surface area contributed by atoms with Crippen LogP contribution < -0.4 is 0 Å². The number of carbonyl (C=O) groups excluding carboxylic acids is 1. The zero-order valence-corrected chi connectivity index (χ0v) is 10.1. The molecule has 1 saturated heterocycles. The largest absolute Gasteiger partial charge is 0.338 e. The summed E-state index contributed by atoms with van der Waals surface area (Å²) < 4.78 is 0. The Morgan fingerprint density at radius 3 is 2.29 bits per heavy atom. The van der Waals surface area contributed by atoms with Crippen molar-refractivity contribution >= 4 is 5.91 Å². The highest BCUT2D eigenvalue weighted by Crippen LogP contribution is 2.29. The van der Waals surface area contributed by atoms with Crippen molar-refractivity contribution in [1.82, 2.24) is 4.90 Å². The lowest BCUT2D eigenvalue weighted by atomic mass is 9.85. The van der Waals surface area contributed by atoms with E-state index in [2.05, 4.69) is 34.6 Å². The van der Waals surface area contributed by atoms with Gasteiger partial charge in [-0.1, -0.05) is 13.8 Å². The Morgan fingerprint density at radius 2 is 1.93 bits per heavy atom. The molecule has 0 aromatic carbocycles. The Kier molecular flexibility index (Phi) is 3.23. The normalized spacial score (nSPS) is 24.6. The number of amides is 1. The first-order valence-corrected chi connectivity index (χ1v) is 5.63. The molecule has 0 spiro atoms. The molecule has 1 fully saturated rings. The van der Waals surface area contributed by atoms with Gasteiger partial charge in [-0.15, -0.1) is 0 Å². The molecule has 1 heterocycles. The van der Waals surface area contributed by atoms with Gasteiger partial charge in [0.05, 0.1) is 0 Å². The van der Waals surface area contributed by atoms with Gasteiger partial charge < -0.3 is 4.90 Å². The highest BCUT2D eigenvalue weighted by atomic mass is 16.2. The zero-order valence-electron chi connectivity index (χ0n) is 10.1. The summed E-state index contributed by atoms with van der Waals surface area (Å²) >= 11 is 0. The monoisotopic (exact) mass is 197 g/mol. The van der Waals surface area contributed by atoms with Crippen molar-refractivity contribution in [1.29, 1.82) is 0 Å². The van der Waals surface area contributed by atoms with Crippen molar-refractivity contribution in [3.8, 4) is 0 Å². The molecule has 2 heteroatoms. The summed E-state index contributed by atoms with van der Waals surface area (Å²) in [6, 6.07) is 0. The summed E-state index contributed by atoms with van der Waals surface area (Å²) in [4.78, 5) is 13.9. The third kappa shape index (κ3) is 2.49. The zero-order chi connectivity index (χ0) is 10.9. The van der Waals surface area contributed by atoms with Crippen LogP contribution in [0.15, 0.2) is 0 Å². The average molecular weight is 197 g/mol. The fraction of sp³-hybridized carbons (Fsp3) is 0.917. The molecule has 2 nitrogen and oxygen atoms in total. The van der Waals surface area contributed by atoms with E-state index in [9.17, 15) is 4.79 Å². The highest BCUT2D eigenvalue weighted by molar-refractivity contribution is 5.78. The number of likely N-dealkylation sites (tertiary alicyclic amines) is 1. The molecule has 0 saturated carbocycles. The second kappa shape index (κ2) is 3.92. The molecule has 1 aliphatic heterocycles. The fourth-order valence-electron chi connectivity index (χ4n) is 2.13. The third-order valence-corrected chi connectivity index (χ3v) is 3.21. The predicted octanol–water partition coefficient (Wildman–Crippen LogP) is 2.68. The van der Waals surface area contributed by atoms with Crippen molar-refractivity contribution in [2.24, 2.45) is 11.8 Å². The van der Waals surface area contributed by atoms with Gasteiger partial charge in [-0.2, -0.15) is 0 Å². The van der Waals surface area contributed by atoms with Crippen LogP contribution in [0.25, 0.3) is 0 Å². The van der Waals surface area contributed by atoms with Crippen molar-refractivity contribution in [2.75, 3.05) is 6.54 Å². The Morgan fingerprint density at radius 1 is 1.36 bits per heavy atom. The van der Waals surface area contributed by atoms with E-state index in [4.69, 9.17) is 0 Å². The maximum Gasteiger partial charge on any atom is 0.223 e. The van der Waals surface area contributed by atoms with Crippen molar-refractivity contribution in [2.45, 2.75) is 53.0 Å². The Bertz CT molecular complexity index is 215. The van der Waals surface area contributed by atoms with E-state index < -0.39 is 0 Å². The first kappa shape index (κ1) is 11.5. The molecule has 1 unspecified atom stereocenters. The summed E-state index contributed by atoms with van der Waals surface area (Å²) in [5, 5.41) is 0. The molecule has 1 aliphatic rings. The summed E-state index contributed by atoms with van der Waals surface area (Å²) in [6.45, 7) is 11.7. The molecule has 0 aliphatic carbocycles. The number of nitrogens with zero attached hydrogens (tertiary/aromatic N) is 1. The highest BCUT2D eigenvalue weighted by Gasteiger charge is 2.33. The third-order valence-electron chi connectivity index (χ3n) is 3.21. The minimum Gasteiger partial charge on any atom is -0.338 e. The average Bonchev–Trinajstić information content (AvgIpc) is 2.01. The minimum absolute atomic E-state index is 0.000959. The van der Waals surface area contributed by atoms with E-state index in [0.29, 0.717) is 17.7 Å². The SMILES string of the molecule is CC(C)C1CCN(C(C)(C)C)C(=O)C1. The van der Waals surface area contributed by atoms with Crippen LogP contribution in [0.3, 0.4) is 0 Å². The molecule has 0 radical (unpaired) electrons. The maximum atomic E-state index is 11.9. The molecule has 14 heavy (non-hydrogen) atoms. The molecule has 0 aromatic heterocycles. The molecule has 82 valence electrons. The summed E-state index contributed by atoms with van der Waals surface area (Å²) in [5.74, 6) is 1.57. The number of carbonyl (C=O) groups is 1. The van der Waals surface area contributed by atoms with Crippen LogP contribution in [0.2, 0.25) is 0 Å². The lowest BCUT2D eigenvalue weighted by Crippen LogP contribution is -2.50. The number of rotatable bonds is 1. The van der Waals surface area contributed by atoms with E-state index in [1.807, 2.05) is 4.90 Å². The first-order chi connectivity index (χ1) is 6.32. The van der Waals surface area contributed by atoms with Gasteiger partial charge in [-0.3, -0.25) is 4.79 Å². The standard InChI is InChI=1S/C12H23NO/c1-9(2)10-6-7-13(11(14)8-10)12(3,4)5/h9-10H,6-8H2,1-5H3. The van der Waals surface area contributed by atoms with Crippen LogP contribution in [0.4, 0.5) is 0 Å². The Hall–Kier alpha value is -0.530. The number of hydrogen-bond acceptors (Lipinski definition) is 1. The van der Waals surface area contributed by atoms with Gasteiger partial charge in [0.2, 0.25) is 5.91 Å². The second-order valence-electron chi connectivity index (χ2n) is 5.71. The van der Waals surface area contributed by atoms with Crippen LogP contribution in [-0.2, 0) is 4.79 Å². The van der Waals surface area contributed by atoms with E-state index in [1.165, 1.54) is 6.42 Å². The van der Waals surface area contributed by atoms with E-state index in [-0.39, 0.29) is 5.54 Å². The van der Waals surface area contributed by atoms with Crippen molar-refractivity contribution in [3.63, 3.8) is 0 Å². The number of piperidine rings is 1. The molecule has 1 atom stereocenters. The summed E-state index contributed by atoms with van der Waals surface area (Å²) in [5.41, 5.74) is -0.000959. The van der Waals surface area contributed by atoms with E-state index in [0.717, 1.165) is 13.0 Å². The van der Waals surface area contributed by atoms with Crippen molar-refractivity contribution < 1.29 is 4.79 Å². The number of hydrogen-bond donors (Lipinski definition) is 0. The van der Waals surface area contributed by atoms with Gasteiger partial charge in [0.1, 0.15) is 0 Å². The second-order valence-corrected chi connectivity index (χ2v) is 5.71. The minimum atomic E-state index is -0.000959. The quantitative estimate of drug-likeness (QED) is 0.633.